The average molecular weight is 162 g/mol. The summed E-state index contributed by atoms with van der Waals surface area (Å²) in [6, 6.07) is -0.514. The van der Waals surface area contributed by atoms with E-state index in [9.17, 15) is 9.59 Å². The topological polar surface area (TPSA) is 58.2 Å². The van der Waals surface area contributed by atoms with Crippen LogP contribution in [0.15, 0.2) is 0 Å². The van der Waals surface area contributed by atoms with E-state index >= 15 is 0 Å². The van der Waals surface area contributed by atoms with Gasteiger partial charge in [0.25, 0.3) is 0 Å². The van der Waals surface area contributed by atoms with Crippen molar-refractivity contribution in [3.8, 4) is 0 Å². The maximum atomic E-state index is 10.5. The van der Waals surface area contributed by atoms with E-state index in [0.717, 1.165) is 0 Å². The predicted octanol–water partition coefficient (Wildman–Crippen LogP) is -0.240. The molecule has 1 unspecified atom stereocenters. The SMILES string of the molecule is CC(CS)NC(=O)NC=O. The van der Waals surface area contributed by atoms with Crippen molar-refractivity contribution in [3.63, 3.8) is 0 Å². The zero-order valence-electron chi connectivity index (χ0n) is 5.63. The lowest BCUT2D eigenvalue weighted by Gasteiger charge is -2.08. The van der Waals surface area contributed by atoms with Crippen molar-refractivity contribution in [1.82, 2.24) is 10.6 Å². The van der Waals surface area contributed by atoms with Gasteiger partial charge in [-0.3, -0.25) is 10.1 Å². The van der Waals surface area contributed by atoms with Crippen molar-refractivity contribution in [2.24, 2.45) is 0 Å². The minimum atomic E-state index is -0.489. The molecule has 2 N–H and O–H groups in total. The number of hydrogen-bond donors (Lipinski definition) is 3. The Morgan fingerprint density at radius 3 is 2.80 bits per heavy atom. The summed E-state index contributed by atoms with van der Waals surface area (Å²) >= 11 is 3.93. The van der Waals surface area contributed by atoms with Crippen molar-refractivity contribution >= 4 is 25.1 Å². The Balaban J connectivity index is 3.46. The lowest BCUT2D eigenvalue weighted by molar-refractivity contribution is -0.108. The summed E-state index contributed by atoms with van der Waals surface area (Å²) in [5, 5.41) is 4.42. The third kappa shape index (κ3) is 4.20. The average Bonchev–Trinajstić information content (AvgIpc) is 1.88. The Hall–Kier alpha value is -0.710. The van der Waals surface area contributed by atoms with Gasteiger partial charge in [0.15, 0.2) is 0 Å². The van der Waals surface area contributed by atoms with Crippen LogP contribution < -0.4 is 10.6 Å². The highest BCUT2D eigenvalue weighted by Gasteiger charge is 2.02. The van der Waals surface area contributed by atoms with Gasteiger partial charge in [-0.25, -0.2) is 4.79 Å². The van der Waals surface area contributed by atoms with Crippen molar-refractivity contribution in [2.75, 3.05) is 5.75 Å². The van der Waals surface area contributed by atoms with Crippen molar-refractivity contribution in [2.45, 2.75) is 13.0 Å². The Morgan fingerprint density at radius 1 is 1.80 bits per heavy atom. The maximum absolute atomic E-state index is 10.5. The fourth-order valence-corrected chi connectivity index (χ4v) is 0.456. The summed E-state index contributed by atoms with van der Waals surface area (Å²) in [7, 11) is 0. The number of urea groups is 1. The molecule has 0 spiro atoms. The molecule has 0 radical (unpaired) electrons. The maximum Gasteiger partial charge on any atom is 0.321 e. The molecule has 0 rings (SSSR count). The van der Waals surface area contributed by atoms with Gasteiger partial charge in [0.05, 0.1) is 0 Å². The quantitative estimate of drug-likeness (QED) is 0.396. The first-order valence-corrected chi connectivity index (χ1v) is 3.45. The fraction of sp³-hybridized carbons (Fsp3) is 0.600. The molecule has 58 valence electrons. The Kier molecular flexibility index (Phi) is 4.74. The number of carbonyl (C=O) groups excluding carboxylic acids is 2. The molecule has 1 atom stereocenters. The monoisotopic (exact) mass is 162 g/mol. The van der Waals surface area contributed by atoms with E-state index < -0.39 is 6.03 Å². The largest absolute Gasteiger partial charge is 0.335 e. The lowest BCUT2D eigenvalue weighted by atomic mass is 10.4. The summed E-state index contributed by atoms with van der Waals surface area (Å²) in [6.45, 7) is 1.79. The zero-order chi connectivity index (χ0) is 7.98. The summed E-state index contributed by atoms with van der Waals surface area (Å²) < 4.78 is 0. The summed E-state index contributed by atoms with van der Waals surface area (Å²) in [5.74, 6) is 0.548. The van der Waals surface area contributed by atoms with Crippen LogP contribution in [0.3, 0.4) is 0 Å². The first-order chi connectivity index (χ1) is 4.70. The second-order valence-electron chi connectivity index (χ2n) is 1.82. The Labute approximate surface area is 64.8 Å². The van der Waals surface area contributed by atoms with Crippen LogP contribution in [-0.4, -0.2) is 24.2 Å². The number of hydrogen-bond acceptors (Lipinski definition) is 3. The third-order valence-electron chi connectivity index (χ3n) is 0.841. The molecule has 0 aromatic carbocycles. The molecule has 0 aromatic heterocycles. The standard InChI is InChI=1S/C5H10N2O2S/c1-4(2-10)7-5(9)6-3-8/h3-4,10H,2H2,1H3,(H2,6,7,8,9). The van der Waals surface area contributed by atoms with Gasteiger partial charge in [-0.15, -0.1) is 0 Å². The molecule has 0 heterocycles. The predicted molar refractivity (Wildman–Crippen MR) is 41.0 cm³/mol. The number of nitrogens with one attached hydrogen (secondary N) is 2. The van der Waals surface area contributed by atoms with Crippen LogP contribution in [0, 0.1) is 0 Å². The fourth-order valence-electron chi connectivity index (χ4n) is 0.365. The van der Waals surface area contributed by atoms with Crippen LogP contribution in [-0.2, 0) is 4.79 Å². The van der Waals surface area contributed by atoms with E-state index in [-0.39, 0.29) is 6.04 Å². The third-order valence-corrected chi connectivity index (χ3v) is 1.39. The molecule has 0 aromatic rings. The van der Waals surface area contributed by atoms with Crippen molar-refractivity contribution in [3.05, 3.63) is 0 Å². The molecular formula is C5H10N2O2S. The minimum Gasteiger partial charge on any atom is -0.335 e. The van der Waals surface area contributed by atoms with E-state index in [1.807, 2.05) is 5.32 Å². The van der Waals surface area contributed by atoms with E-state index in [4.69, 9.17) is 0 Å². The summed E-state index contributed by atoms with van der Waals surface area (Å²) in [4.78, 5) is 20.2. The van der Waals surface area contributed by atoms with Gasteiger partial charge in [-0.1, -0.05) is 0 Å². The van der Waals surface area contributed by atoms with Crippen LogP contribution >= 0.6 is 12.6 Å². The number of carbonyl (C=O) groups is 2. The van der Waals surface area contributed by atoms with Gasteiger partial charge >= 0.3 is 6.03 Å². The second kappa shape index (κ2) is 5.10. The van der Waals surface area contributed by atoms with E-state index in [2.05, 4.69) is 17.9 Å². The van der Waals surface area contributed by atoms with Crippen molar-refractivity contribution in [1.29, 1.82) is 0 Å². The molecular weight excluding hydrogens is 152 g/mol. The molecule has 0 aliphatic heterocycles. The molecule has 0 aliphatic carbocycles. The highest BCUT2D eigenvalue weighted by molar-refractivity contribution is 7.80. The first kappa shape index (κ1) is 9.29. The highest BCUT2D eigenvalue weighted by atomic mass is 32.1. The lowest BCUT2D eigenvalue weighted by Crippen LogP contribution is -2.40. The van der Waals surface area contributed by atoms with Gasteiger partial charge in [0.2, 0.25) is 6.41 Å². The van der Waals surface area contributed by atoms with E-state index in [1.54, 1.807) is 6.92 Å². The molecule has 3 amide bonds. The molecule has 0 aliphatic rings. The van der Waals surface area contributed by atoms with Gasteiger partial charge in [0, 0.05) is 11.8 Å². The molecule has 0 saturated carbocycles. The van der Waals surface area contributed by atoms with Crippen molar-refractivity contribution < 1.29 is 9.59 Å². The smallest absolute Gasteiger partial charge is 0.321 e. The van der Waals surface area contributed by atoms with E-state index in [1.165, 1.54) is 0 Å². The number of amides is 3. The Bertz CT molecular complexity index is 129. The van der Waals surface area contributed by atoms with E-state index in [0.29, 0.717) is 12.2 Å². The molecule has 0 saturated heterocycles. The summed E-state index contributed by atoms with van der Waals surface area (Å²) in [5.41, 5.74) is 0. The second-order valence-corrected chi connectivity index (χ2v) is 2.18. The molecule has 4 nitrogen and oxygen atoms in total. The summed E-state index contributed by atoms with van der Waals surface area (Å²) in [6.07, 6.45) is 0.334. The van der Waals surface area contributed by atoms with Crippen LogP contribution in [0.1, 0.15) is 6.92 Å². The molecule has 0 bridgehead atoms. The normalized spacial score (nSPS) is 11.8. The molecule has 10 heavy (non-hydrogen) atoms. The number of thiol groups is 1. The molecule has 0 fully saturated rings. The Morgan fingerprint density at radius 2 is 2.40 bits per heavy atom. The first-order valence-electron chi connectivity index (χ1n) is 2.82. The molecule has 5 heteroatoms. The van der Waals surface area contributed by atoms with Gasteiger partial charge in [-0.05, 0) is 6.92 Å². The van der Waals surface area contributed by atoms with Gasteiger partial charge < -0.3 is 5.32 Å². The highest BCUT2D eigenvalue weighted by Crippen LogP contribution is 1.83. The minimum absolute atomic E-state index is 0.0247. The van der Waals surface area contributed by atoms with Crippen LogP contribution in [0.5, 0.6) is 0 Å². The number of rotatable bonds is 3. The van der Waals surface area contributed by atoms with Crippen LogP contribution in [0.25, 0.3) is 0 Å². The number of imide groups is 1. The van der Waals surface area contributed by atoms with Gasteiger partial charge in [-0.2, -0.15) is 12.6 Å². The van der Waals surface area contributed by atoms with Crippen LogP contribution in [0.4, 0.5) is 4.79 Å². The van der Waals surface area contributed by atoms with Crippen LogP contribution in [0.2, 0.25) is 0 Å². The van der Waals surface area contributed by atoms with Gasteiger partial charge in [0.1, 0.15) is 0 Å². The zero-order valence-corrected chi connectivity index (χ0v) is 6.52.